The first-order chi connectivity index (χ1) is 15.2. The molecule has 3 amide bonds. The topological polar surface area (TPSA) is 154 Å². The summed E-state index contributed by atoms with van der Waals surface area (Å²) < 4.78 is 5.28. The Bertz CT molecular complexity index is 682. The highest BCUT2D eigenvalue weighted by Crippen LogP contribution is 2.28. The van der Waals surface area contributed by atoms with Crippen LogP contribution in [0.5, 0.6) is 0 Å². The normalized spacial score (nSPS) is 22.3. The SMILES string of the molecule is CC[C@H](C)[C@H](NC(=O)OC(C)(C)C)C(=O)NCC1CCC(C(=O)N[C@H](C(=O)O)[C@H](C)O)CC1. The van der Waals surface area contributed by atoms with E-state index in [-0.39, 0.29) is 29.6 Å². The van der Waals surface area contributed by atoms with Crippen LogP contribution in [-0.4, -0.2) is 64.4 Å². The van der Waals surface area contributed by atoms with Gasteiger partial charge in [0, 0.05) is 12.5 Å². The Kier molecular flexibility index (Phi) is 11.1. The maximum absolute atomic E-state index is 12.8. The molecule has 0 saturated heterocycles. The van der Waals surface area contributed by atoms with Crippen molar-refractivity contribution in [2.45, 2.75) is 97.4 Å². The molecule has 0 aromatic carbocycles. The third-order valence-electron chi connectivity index (χ3n) is 6.00. The highest BCUT2D eigenvalue weighted by atomic mass is 16.6. The standard InChI is InChI=1S/C23H41N3O7/c1-7-13(2)17(26-22(32)33-23(4,5)6)20(29)24-12-15-8-10-16(11-9-15)19(28)25-18(14(3)27)21(30)31/h13-18,27H,7-12H2,1-6H3,(H,24,29)(H,25,28)(H,26,32)(H,30,31)/t13-,14-,15?,16?,17-,18-/m0/s1. The molecule has 190 valence electrons. The molecule has 0 aromatic rings. The Balaban J connectivity index is 2.55. The zero-order chi connectivity index (χ0) is 25.3. The number of carboxylic acid groups (broad SMARTS) is 1. The first kappa shape index (κ1) is 28.7. The zero-order valence-electron chi connectivity index (χ0n) is 20.6. The number of carbonyl (C=O) groups excluding carboxylic acids is 3. The monoisotopic (exact) mass is 471 g/mol. The highest BCUT2D eigenvalue weighted by molar-refractivity contribution is 5.86. The van der Waals surface area contributed by atoms with Crippen LogP contribution >= 0.6 is 0 Å². The lowest BCUT2D eigenvalue weighted by Gasteiger charge is -2.30. The number of carboxylic acids is 1. The Labute approximate surface area is 196 Å². The lowest BCUT2D eigenvalue weighted by atomic mass is 9.81. The smallest absolute Gasteiger partial charge is 0.408 e. The molecule has 4 atom stereocenters. The molecule has 0 bridgehead atoms. The van der Waals surface area contributed by atoms with Crippen molar-refractivity contribution in [1.29, 1.82) is 0 Å². The number of nitrogens with one attached hydrogen (secondary N) is 3. The van der Waals surface area contributed by atoms with Gasteiger partial charge in [-0.1, -0.05) is 20.3 Å². The van der Waals surface area contributed by atoms with E-state index in [0.29, 0.717) is 38.6 Å². The average molecular weight is 472 g/mol. The Hall–Kier alpha value is -2.36. The third kappa shape index (κ3) is 9.98. The molecular formula is C23H41N3O7. The number of carbonyl (C=O) groups is 4. The first-order valence-corrected chi connectivity index (χ1v) is 11.7. The van der Waals surface area contributed by atoms with Crippen molar-refractivity contribution in [3.8, 4) is 0 Å². The van der Waals surface area contributed by atoms with Gasteiger partial charge in [0.25, 0.3) is 0 Å². The van der Waals surface area contributed by atoms with Gasteiger partial charge in [-0.05, 0) is 65.2 Å². The van der Waals surface area contributed by atoms with Crippen molar-refractivity contribution in [3.05, 3.63) is 0 Å². The molecule has 5 N–H and O–H groups in total. The molecule has 1 aliphatic rings. The van der Waals surface area contributed by atoms with Crippen LogP contribution in [0, 0.1) is 17.8 Å². The molecule has 33 heavy (non-hydrogen) atoms. The summed E-state index contributed by atoms with van der Waals surface area (Å²) in [6, 6.07) is -2.04. The molecule has 0 aromatic heterocycles. The van der Waals surface area contributed by atoms with Gasteiger partial charge >= 0.3 is 12.1 Å². The summed E-state index contributed by atoms with van der Waals surface area (Å²) in [6.07, 6.45) is 1.44. The fourth-order valence-corrected chi connectivity index (χ4v) is 3.78. The summed E-state index contributed by atoms with van der Waals surface area (Å²) in [6.45, 7) is 10.9. The predicted molar refractivity (Wildman–Crippen MR) is 122 cm³/mol. The largest absolute Gasteiger partial charge is 0.480 e. The van der Waals surface area contributed by atoms with Gasteiger partial charge in [-0.3, -0.25) is 9.59 Å². The molecule has 0 heterocycles. The van der Waals surface area contributed by atoms with Gasteiger partial charge in [-0.2, -0.15) is 0 Å². The minimum atomic E-state index is -1.33. The number of aliphatic carboxylic acids is 1. The molecular weight excluding hydrogens is 430 g/mol. The van der Waals surface area contributed by atoms with Crippen molar-refractivity contribution >= 4 is 23.9 Å². The molecule has 0 radical (unpaired) electrons. The van der Waals surface area contributed by atoms with Gasteiger partial charge in [-0.25, -0.2) is 9.59 Å². The molecule has 1 aliphatic carbocycles. The fourth-order valence-electron chi connectivity index (χ4n) is 3.78. The first-order valence-electron chi connectivity index (χ1n) is 11.7. The van der Waals surface area contributed by atoms with Gasteiger partial charge in [0.2, 0.25) is 11.8 Å². The minimum absolute atomic E-state index is 0.0759. The van der Waals surface area contributed by atoms with E-state index in [1.54, 1.807) is 20.8 Å². The molecule has 1 fully saturated rings. The summed E-state index contributed by atoms with van der Waals surface area (Å²) in [5, 5.41) is 26.7. The quantitative estimate of drug-likeness (QED) is 0.325. The summed E-state index contributed by atoms with van der Waals surface area (Å²) in [7, 11) is 0. The molecule has 0 spiro atoms. The van der Waals surface area contributed by atoms with E-state index in [2.05, 4.69) is 16.0 Å². The van der Waals surface area contributed by atoms with Gasteiger partial charge in [0.15, 0.2) is 6.04 Å². The second-order valence-electron chi connectivity index (χ2n) is 10.0. The summed E-state index contributed by atoms with van der Waals surface area (Å²) in [5.41, 5.74) is -0.662. The van der Waals surface area contributed by atoms with Gasteiger partial charge < -0.3 is 30.9 Å². The lowest BCUT2D eigenvalue weighted by molar-refractivity contribution is -0.145. The van der Waals surface area contributed by atoms with Crippen molar-refractivity contribution in [2.75, 3.05) is 6.54 Å². The number of hydrogen-bond acceptors (Lipinski definition) is 6. The van der Waals surface area contributed by atoms with E-state index < -0.39 is 35.9 Å². The number of aliphatic hydroxyl groups excluding tert-OH is 1. The van der Waals surface area contributed by atoms with Crippen LogP contribution in [0.3, 0.4) is 0 Å². The molecule has 1 saturated carbocycles. The number of alkyl carbamates (subject to hydrolysis) is 1. The van der Waals surface area contributed by atoms with Crippen molar-refractivity contribution in [1.82, 2.24) is 16.0 Å². The van der Waals surface area contributed by atoms with Crippen LogP contribution in [0.25, 0.3) is 0 Å². The second-order valence-corrected chi connectivity index (χ2v) is 10.0. The van der Waals surface area contributed by atoms with Crippen LogP contribution in [-0.2, 0) is 19.1 Å². The van der Waals surface area contributed by atoms with E-state index in [1.165, 1.54) is 6.92 Å². The molecule has 10 nitrogen and oxygen atoms in total. The van der Waals surface area contributed by atoms with Crippen LogP contribution in [0.1, 0.15) is 73.6 Å². The second kappa shape index (κ2) is 12.8. The maximum Gasteiger partial charge on any atom is 0.408 e. The van der Waals surface area contributed by atoms with E-state index >= 15 is 0 Å². The third-order valence-corrected chi connectivity index (χ3v) is 6.00. The average Bonchev–Trinajstić information content (AvgIpc) is 2.72. The number of hydrogen-bond donors (Lipinski definition) is 5. The molecule has 1 rings (SSSR count). The van der Waals surface area contributed by atoms with Gasteiger partial charge in [0.1, 0.15) is 11.6 Å². The van der Waals surface area contributed by atoms with Crippen LogP contribution < -0.4 is 16.0 Å². The number of rotatable bonds is 10. The maximum atomic E-state index is 12.8. The number of amides is 3. The fraction of sp³-hybridized carbons (Fsp3) is 0.826. The van der Waals surface area contributed by atoms with Crippen LogP contribution in [0.15, 0.2) is 0 Å². The summed E-state index contributed by atoms with van der Waals surface area (Å²) >= 11 is 0. The highest BCUT2D eigenvalue weighted by Gasteiger charge is 2.32. The van der Waals surface area contributed by atoms with Gasteiger partial charge in [-0.15, -0.1) is 0 Å². The summed E-state index contributed by atoms with van der Waals surface area (Å²) in [4.78, 5) is 48.5. The predicted octanol–water partition coefficient (Wildman–Crippen LogP) is 1.80. The van der Waals surface area contributed by atoms with E-state index in [0.717, 1.165) is 0 Å². The van der Waals surface area contributed by atoms with Crippen LogP contribution in [0.2, 0.25) is 0 Å². The van der Waals surface area contributed by atoms with Gasteiger partial charge in [0.05, 0.1) is 6.10 Å². The van der Waals surface area contributed by atoms with E-state index in [4.69, 9.17) is 9.84 Å². The molecule has 0 aliphatic heterocycles. The minimum Gasteiger partial charge on any atom is -0.480 e. The summed E-state index contributed by atoms with van der Waals surface area (Å²) in [5.74, 6) is -2.12. The molecule has 0 unspecified atom stereocenters. The number of ether oxygens (including phenoxy) is 1. The van der Waals surface area contributed by atoms with Crippen molar-refractivity contribution in [3.63, 3.8) is 0 Å². The zero-order valence-corrected chi connectivity index (χ0v) is 20.6. The Morgan fingerprint density at radius 3 is 2.03 bits per heavy atom. The lowest BCUT2D eigenvalue weighted by Crippen LogP contribution is -2.52. The van der Waals surface area contributed by atoms with E-state index in [1.807, 2.05) is 13.8 Å². The Morgan fingerprint density at radius 2 is 1.58 bits per heavy atom. The van der Waals surface area contributed by atoms with E-state index in [9.17, 15) is 24.3 Å². The van der Waals surface area contributed by atoms with Crippen molar-refractivity contribution < 1.29 is 34.1 Å². The Morgan fingerprint density at radius 1 is 1.00 bits per heavy atom. The van der Waals surface area contributed by atoms with Crippen molar-refractivity contribution in [2.24, 2.45) is 17.8 Å². The number of aliphatic hydroxyl groups is 1. The molecule has 10 heteroatoms. The van der Waals surface area contributed by atoms with Crippen LogP contribution in [0.4, 0.5) is 4.79 Å².